The van der Waals surface area contributed by atoms with Gasteiger partial charge in [-0.3, -0.25) is 4.79 Å². The molecule has 186 valence electrons. The van der Waals surface area contributed by atoms with Gasteiger partial charge in [-0.15, -0.1) is 0 Å². The molecule has 11 heteroatoms. The van der Waals surface area contributed by atoms with Gasteiger partial charge in [0, 0.05) is 24.6 Å². The Morgan fingerprint density at radius 3 is 2.20 bits per heavy atom. The lowest BCUT2D eigenvalue weighted by Gasteiger charge is -2.14. The first-order chi connectivity index (χ1) is 16.5. The molecule has 0 saturated heterocycles. The second-order valence-corrected chi connectivity index (χ2v) is 7.71. The Balaban J connectivity index is 1.62. The number of hydrogen-bond acceptors (Lipinski definition) is 4. The van der Waals surface area contributed by atoms with E-state index in [9.17, 15) is 31.1 Å². The van der Waals surface area contributed by atoms with E-state index >= 15 is 0 Å². The third-order valence-electron chi connectivity index (χ3n) is 4.92. The van der Waals surface area contributed by atoms with Crippen molar-refractivity contribution in [2.24, 2.45) is 0 Å². The normalized spacial score (nSPS) is 12.3. The Bertz CT molecular complexity index is 1150. The SMILES string of the molecule is CCCCc1noc(-c2ccc(C=CC(=O)NCc3cc(C(F)(F)F)cc(C(F)(F)F)c3)cc2)n1. The molecule has 35 heavy (non-hydrogen) atoms. The van der Waals surface area contributed by atoms with Crippen molar-refractivity contribution >= 4 is 12.0 Å². The number of aromatic nitrogens is 2. The Hall–Kier alpha value is -3.63. The van der Waals surface area contributed by atoms with Crippen LogP contribution >= 0.6 is 0 Å². The molecular weight excluding hydrogens is 476 g/mol. The molecule has 1 heterocycles. The number of halogens is 6. The van der Waals surface area contributed by atoms with Crippen LogP contribution in [0.5, 0.6) is 0 Å². The molecular formula is C24H21F6N3O2. The molecule has 3 rings (SSSR count). The summed E-state index contributed by atoms with van der Waals surface area (Å²) in [5.41, 5.74) is -1.88. The summed E-state index contributed by atoms with van der Waals surface area (Å²) >= 11 is 0. The predicted octanol–water partition coefficient (Wildman–Crippen LogP) is 6.45. The van der Waals surface area contributed by atoms with E-state index in [-0.39, 0.29) is 11.6 Å². The number of unbranched alkanes of at least 4 members (excludes halogenated alkanes) is 1. The van der Waals surface area contributed by atoms with Crippen molar-refractivity contribution in [2.45, 2.75) is 45.1 Å². The highest BCUT2D eigenvalue weighted by atomic mass is 19.4. The third-order valence-corrected chi connectivity index (χ3v) is 4.92. The molecule has 0 aliphatic carbocycles. The summed E-state index contributed by atoms with van der Waals surface area (Å²) in [5.74, 6) is 0.298. The van der Waals surface area contributed by atoms with Crippen LogP contribution in [0.4, 0.5) is 26.3 Å². The fourth-order valence-corrected chi connectivity index (χ4v) is 3.09. The van der Waals surface area contributed by atoms with Crippen LogP contribution in [0.15, 0.2) is 53.1 Å². The van der Waals surface area contributed by atoms with E-state index in [1.807, 2.05) is 0 Å². The summed E-state index contributed by atoms with van der Waals surface area (Å²) in [7, 11) is 0. The van der Waals surface area contributed by atoms with Gasteiger partial charge in [0.2, 0.25) is 5.91 Å². The minimum atomic E-state index is -4.95. The molecule has 0 aliphatic heterocycles. The van der Waals surface area contributed by atoms with E-state index in [0.717, 1.165) is 18.9 Å². The fraction of sp³-hybridized carbons (Fsp3) is 0.292. The number of rotatable bonds is 8. The van der Waals surface area contributed by atoms with Crippen LogP contribution in [0.2, 0.25) is 0 Å². The third kappa shape index (κ3) is 7.43. The van der Waals surface area contributed by atoms with Gasteiger partial charge >= 0.3 is 12.4 Å². The summed E-state index contributed by atoms with van der Waals surface area (Å²) < 4.78 is 82.9. The van der Waals surface area contributed by atoms with Gasteiger partial charge in [-0.2, -0.15) is 31.3 Å². The van der Waals surface area contributed by atoms with Crippen molar-refractivity contribution in [2.75, 3.05) is 0 Å². The molecule has 1 N–H and O–H groups in total. The number of carbonyl (C=O) groups excluding carboxylic acids is 1. The van der Waals surface area contributed by atoms with Crippen molar-refractivity contribution in [3.05, 3.63) is 76.6 Å². The van der Waals surface area contributed by atoms with Gasteiger partial charge in [0.1, 0.15) is 0 Å². The number of alkyl halides is 6. The summed E-state index contributed by atoms with van der Waals surface area (Å²) in [6, 6.07) is 8.00. The molecule has 5 nitrogen and oxygen atoms in total. The number of benzene rings is 2. The van der Waals surface area contributed by atoms with Crippen LogP contribution < -0.4 is 5.32 Å². The Kier molecular flexibility index (Phi) is 7.98. The summed E-state index contributed by atoms with van der Waals surface area (Å²) in [5, 5.41) is 6.21. The minimum absolute atomic E-state index is 0.0369. The van der Waals surface area contributed by atoms with E-state index in [2.05, 4.69) is 22.4 Å². The van der Waals surface area contributed by atoms with Crippen LogP contribution in [0, 0.1) is 0 Å². The second-order valence-electron chi connectivity index (χ2n) is 7.71. The Morgan fingerprint density at radius 2 is 1.63 bits per heavy atom. The molecule has 0 saturated carbocycles. The molecule has 0 unspecified atom stereocenters. The van der Waals surface area contributed by atoms with Crippen LogP contribution in [-0.4, -0.2) is 16.0 Å². The van der Waals surface area contributed by atoms with Gasteiger partial charge < -0.3 is 9.84 Å². The maximum Gasteiger partial charge on any atom is 0.416 e. The standard InChI is InChI=1S/C24H21F6N3O2/c1-2-3-4-20-32-22(35-33-20)17-8-5-15(6-9-17)7-10-21(34)31-14-16-11-18(23(25,26)27)13-19(12-16)24(28,29)30/h5-13H,2-4,14H2,1H3,(H,31,34). The van der Waals surface area contributed by atoms with Gasteiger partial charge in [0.25, 0.3) is 5.89 Å². The molecule has 0 radical (unpaired) electrons. The van der Waals surface area contributed by atoms with Crippen molar-refractivity contribution in [1.29, 1.82) is 0 Å². The summed E-state index contributed by atoms with van der Waals surface area (Å²) in [6.45, 7) is 1.55. The van der Waals surface area contributed by atoms with Crippen molar-refractivity contribution in [1.82, 2.24) is 15.5 Å². The monoisotopic (exact) mass is 497 g/mol. The first-order valence-electron chi connectivity index (χ1n) is 10.6. The van der Waals surface area contributed by atoms with Gasteiger partial charge in [-0.1, -0.05) is 30.6 Å². The zero-order valence-corrected chi connectivity index (χ0v) is 18.5. The summed E-state index contributed by atoms with van der Waals surface area (Å²) in [6.07, 6.45) is -4.66. The number of nitrogens with one attached hydrogen (secondary N) is 1. The average Bonchev–Trinajstić information content (AvgIpc) is 3.28. The van der Waals surface area contributed by atoms with Gasteiger partial charge in [-0.05, 0) is 54.0 Å². The zero-order chi connectivity index (χ0) is 25.6. The topological polar surface area (TPSA) is 68.0 Å². The molecule has 0 aliphatic rings. The number of aryl methyl sites for hydroxylation is 1. The van der Waals surface area contributed by atoms with Gasteiger partial charge in [-0.25, -0.2) is 0 Å². The molecule has 1 aromatic heterocycles. The van der Waals surface area contributed by atoms with E-state index in [1.165, 1.54) is 6.08 Å². The maximum atomic E-state index is 13.0. The maximum absolute atomic E-state index is 13.0. The summed E-state index contributed by atoms with van der Waals surface area (Å²) in [4.78, 5) is 16.4. The molecule has 3 aromatic rings. The van der Waals surface area contributed by atoms with Crippen LogP contribution in [0.3, 0.4) is 0 Å². The highest BCUT2D eigenvalue weighted by Crippen LogP contribution is 2.36. The molecule has 1 amide bonds. The lowest BCUT2D eigenvalue weighted by atomic mass is 10.0. The Morgan fingerprint density at radius 1 is 1.00 bits per heavy atom. The first kappa shape index (κ1) is 26.0. The number of hydrogen-bond donors (Lipinski definition) is 1. The number of carbonyl (C=O) groups is 1. The van der Waals surface area contributed by atoms with E-state index in [1.54, 1.807) is 24.3 Å². The molecule has 0 atom stereocenters. The van der Waals surface area contributed by atoms with E-state index in [0.29, 0.717) is 41.4 Å². The first-order valence-corrected chi connectivity index (χ1v) is 10.6. The smallest absolute Gasteiger partial charge is 0.348 e. The average molecular weight is 497 g/mol. The molecule has 0 fully saturated rings. The van der Waals surface area contributed by atoms with Crippen molar-refractivity contribution in [3.63, 3.8) is 0 Å². The van der Waals surface area contributed by atoms with E-state index in [4.69, 9.17) is 4.52 Å². The largest absolute Gasteiger partial charge is 0.416 e. The lowest BCUT2D eigenvalue weighted by Crippen LogP contribution is -2.21. The van der Waals surface area contributed by atoms with Gasteiger partial charge in [0.05, 0.1) is 11.1 Å². The highest BCUT2D eigenvalue weighted by molar-refractivity contribution is 5.91. The van der Waals surface area contributed by atoms with Crippen molar-refractivity contribution in [3.8, 4) is 11.5 Å². The molecule has 2 aromatic carbocycles. The van der Waals surface area contributed by atoms with E-state index < -0.39 is 35.9 Å². The second kappa shape index (κ2) is 10.7. The lowest BCUT2D eigenvalue weighted by molar-refractivity contribution is -0.143. The fourth-order valence-electron chi connectivity index (χ4n) is 3.09. The van der Waals surface area contributed by atoms with Crippen molar-refractivity contribution < 1.29 is 35.7 Å². The van der Waals surface area contributed by atoms with Gasteiger partial charge in [0.15, 0.2) is 5.82 Å². The van der Waals surface area contributed by atoms with Crippen LogP contribution in [0.1, 0.15) is 47.8 Å². The quantitative estimate of drug-likeness (QED) is 0.287. The predicted molar refractivity (Wildman–Crippen MR) is 116 cm³/mol. The van der Waals surface area contributed by atoms with Crippen LogP contribution in [0.25, 0.3) is 17.5 Å². The zero-order valence-electron chi connectivity index (χ0n) is 18.5. The number of nitrogens with zero attached hydrogens (tertiary/aromatic N) is 2. The molecule has 0 spiro atoms. The highest BCUT2D eigenvalue weighted by Gasteiger charge is 2.36. The minimum Gasteiger partial charge on any atom is -0.348 e. The number of amides is 1. The Labute approximate surface area is 196 Å². The van der Waals surface area contributed by atoms with Crippen LogP contribution in [-0.2, 0) is 30.1 Å². The molecule has 0 bridgehead atoms.